The van der Waals surface area contributed by atoms with Crippen LogP contribution in [0.1, 0.15) is 11.8 Å². The molecule has 3 nitrogen and oxygen atoms in total. The van der Waals surface area contributed by atoms with Crippen molar-refractivity contribution < 1.29 is 4.39 Å². The summed E-state index contributed by atoms with van der Waals surface area (Å²) in [4.78, 5) is 11.6. The Morgan fingerprint density at radius 3 is 2.90 bits per heavy atom. The molecule has 0 unspecified atom stereocenters. The van der Waals surface area contributed by atoms with Gasteiger partial charge in [0, 0.05) is 9.77 Å². The van der Waals surface area contributed by atoms with Crippen LogP contribution in [0, 0.1) is 12.7 Å². The second-order valence-corrected chi connectivity index (χ2v) is 7.09. The molecule has 0 amide bonds. The first kappa shape index (κ1) is 14.3. The first-order valence-electron chi connectivity index (χ1n) is 6.55. The van der Waals surface area contributed by atoms with Crippen LogP contribution >= 0.6 is 23.1 Å². The van der Waals surface area contributed by atoms with Crippen molar-refractivity contribution in [2.45, 2.75) is 18.7 Å². The smallest absolute Gasteiger partial charge is 0.167 e. The summed E-state index contributed by atoms with van der Waals surface area (Å²) in [6, 6.07) is 6.98. The third-order valence-electron chi connectivity index (χ3n) is 3.04. The summed E-state index contributed by atoms with van der Waals surface area (Å²) in [5.74, 6) is 1.29. The van der Waals surface area contributed by atoms with Crippen molar-refractivity contribution in [1.82, 2.24) is 9.97 Å². The Morgan fingerprint density at radius 2 is 2.14 bits per heavy atom. The van der Waals surface area contributed by atoms with Crippen LogP contribution in [0.4, 0.5) is 10.2 Å². The Bertz CT molecular complexity index is 814. The van der Waals surface area contributed by atoms with Crippen LogP contribution in [0.2, 0.25) is 0 Å². The Morgan fingerprint density at radius 1 is 1.33 bits per heavy atom. The van der Waals surface area contributed by atoms with Gasteiger partial charge in [0.15, 0.2) is 5.82 Å². The first-order valence-corrected chi connectivity index (χ1v) is 8.35. The summed E-state index contributed by atoms with van der Waals surface area (Å²) in [6.45, 7) is 4.02. The third kappa shape index (κ3) is 2.61. The number of nitrogens with zero attached hydrogens (tertiary/aromatic N) is 2. The minimum absolute atomic E-state index is 0.319. The van der Waals surface area contributed by atoms with Crippen LogP contribution in [-0.4, -0.2) is 15.7 Å². The van der Waals surface area contributed by atoms with E-state index in [1.54, 1.807) is 17.8 Å². The molecule has 0 aliphatic rings. The van der Waals surface area contributed by atoms with Gasteiger partial charge in [-0.25, -0.2) is 14.4 Å². The van der Waals surface area contributed by atoms with Crippen molar-refractivity contribution in [3.63, 3.8) is 0 Å². The summed E-state index contributed by atoms with van der Waals surface area (Å²) in [6.07, 6.45) is 0. The number of thiophene rings is 1. The molecule has 2 N–H and O–H groups in total. The van der Waals surface area contributed by atoms with Crippen molar-refractivity contribution in [2.24, 2.45) is 0 Å². The molecule has 0 fully saturated rings. The maximum atomic E-state index is 14.3. The van der Waals surface area contributed by atoms with Gasteiger partial charge in [0.2, 0.25) is 0 Å². The molecule has 1 aromatic carbocycles. The maximum Gasteiger partial charge on any atom is 0.167 e. The number of halogens is 1. The number of benzene rings is 1. The molecule has 108 valence electrons. The molecule has 0 saturated heterocycles. The van der Waals surface area contributed by atoms with E-state index in [1.807, 2.05) is 26.0 Å². The number of rotatable bonds is 3. The van der Waals surface area contributed by atoms with Crippen LogP contribution in [-0.2, 0) is 0 Å². The Hall–Kier alpha value is -1.66. The molecule has 2 aromatic heterocycles. The predicted octanol–water partition coefficient (Wildman–Crippen LogP) is 4.50. The summed E-state index contributed by atoms with van der Waals surface area (Å²) >= 11 is 3.11. The molecule has 3 rings (SSSR count). The van der Waals surface area contributed by atoms with Gasteiger partial charge in [0.25, 0.3) is 0 Å². The topological polar surface area (TPSA) is 51.8 Å². The van der Waals surface area contributed by atoms with Gasteiger partial charge >= 0.3 is 0 Å². The van der Waals surface area contributed by atoms with E-state index < -0.39 is 0 Å². The highest BCUT2D eigenvalue weighted by Crippen LogP contribution is 2.35. The number of hydrogen-bond donors (Lipinski definition) is 1. The summed E-state index contributed by atoms with van der Waals surface area (Å²) < 4.78 is 14.3. The van der Waals surface area contributed by atoms with Crippen molar-refractivity contribution >= 4 is 39.1 Å². The SMILES string of the molecule is CCSc1cccc(F)c1-c1nc(N)c2cc(C)sc2n1. The molecule has 6 heteroatoms. The quantitative estimate of drug-likeness (QED) is 0.722. The molecule has 0 aliphatic carbocycles. The van der Waals surface area contributed by atoms with E-state index in [9.17, 15) is 4.39 Å². The molecular formula is C15H14FN3S2. The highest BCUT2D eigenvalue weighted by atomic mass is 32.2. The van der Waals surface area contributed by atoms with E-state index >= 15 is 0 Å². The number of aromatic nitrogens is 2. The van der Waals surface area contributed by atoms with Crippen LogP contribution in [0.25, 0.3) is 21.6 Å². The lowest BCUT2D eigenvalue weighted by Crippen LogP contribution is -1.99. The number of fused-ring (bicyclic) bond motifs is 1. The van der Waals surface area contributed by atoms with E-state index in [-0.39, 0.29) is 5.82 Å². The van der Waals surface area contributed by atoms with Gasteiger partial charge in [0.05, 0.1) is 10.9 Å². The van der Waals surface area contributed by atoms with Gasteiger partial charge in [0.1, 0.15) is 16.5 Å². The molecule has 0 bridgehead atoms. The fourth-order valence-electron chi connectivity index (χ4n) is 2.17. The number of anilines is 1. The second kappa shape index (κ2) is 5.61. The fraction of sp³-hybridized carbons (Fsp3) is 0.200. The predicted molar refractivity (Wildman–Crippen MR) is 88.4 cm³/mol. The van der Waals surface area contributed by atoms with Crippen LogP contribution in [0.3, 0.4) is 0 Å². The molecule has 21 heavy (non-hydrogen) atoms. The van der Waals surface area contributed by atoms with Gasteiger partial charge in [-0.2, -0.15) is 0 Å². The highest BCUT2D eigenvalue weighted by molar-refractivity contribution is 7.99. The fourth-order valence-corrected chi connectivity index (χ4v) is 3.88. The van der Waals surface area contributed by atoms with Crippen LogP contribution in [0.5, 0.6) is 0 Å². The summed E-state index contributed by atoms with van der Waals surface area (Å²) in [5.41, 5.74) is 6.44. The number of nitrogen functional groups attached to an aromatic ring is 1. The lowest BCUT2D eigenvalue weighted by atomic mass is 10.2. The van der Waals surface area contributed by atoms with Gasteiger partial charge < -0.3 is 5.73 Å². The van der Waals surface area contributed by atoms with E-state index in [4.69, 9.17) is 5.73 Å². The molecule has 0 radical (unpaired) electrons. The van der Waals surface area contributed by atoms with Gasteiger partial charge in [-0.15, -0.1) is 23.1 Å². The average molecular weight is 319 g/mol. The number of nitrogens with two attached hydrogens (primary N) is 1. The lowest BCUT2D eigenvalue weighted by Gasteiger charge is -2.09. The van der Waals surface area contributed by atoms with Crippen molar-refractivity contribution in [3.8, 4) is 11.4 Å². The molecule has 3 aromatic rings. The largest absolute Gasteiger partial charge is 0.383 e. The van der Waals surface area contributed by atoms with E-state index in [0.717, 1.165) is 25.7 Å². The number of aryl methyl sites for hydroxylation is 1. The van der Waals surface area contributed by atoms with Gasteiger partial charge in [-0.3, -0.25) is 0 Å². The lowest BCUT2D eigenvalue weighted by molar-refractivity contribution is 0.627. The van der Waals surface area contributed by atoms with E-state index in [1.165, 1.54) is 17.4 Å². The molecule has 0 saturated carbocycles. The summed E-state index contributed by atoms with van der Waals surface area (Å²) in [5, 5.41) is 0.835. The molecule has 0 aliphatic heterocycles. The van der Waals surface area contributed by atoms with E-state index in [2.05, 4.69) is 9.97 Å². The molecule has 2 heterocycles. The molecule has 0 atom stereocenters. The zero-order valence-electron chi connectivity index (χ0n) is 11.7. The standard InChI is InChI=1S/C15H14FN3S2/c1-3-20-11-6-4-5-10(16)12(11)14-18-13(17)9-7-8(2)21-15(9)19-14/h4-7H,3H2,1-2H3,(H2,17,18,19). The van der Waals surface area contributed by atoms with Gasteiger partial charge in [-0.05, 0) is 30.9 Å². The zero-order chi connectivity index (χ0) is 15.0. The Kier molecular flexibility index (Phi) is 3.82. The number of hydrogen-bond acceptors (Lipinski definition) is 5. The maximum absolute atomic E-state index is 14.3. The van der Waals surface area contributed by atoms with Crippen molar-refractivity contribution in [3.05, 3.63) is 35.0 Å². The monoisotopic (exact) mass is 319 g/mol. The summed E-state index contributed by atoms with van der Waals surface area (Å²) in [7, 11) is 0. The Balaban J connectivity index is 2.25. The third-order valence-corrected chi connectivity index (χ3v) is 4.93. The first-order chi connectivity index (χ1) is 10.1. The Labute approximate surface area is 130 Å². The zero-order valence-corrected chi connectivity index (χ0v) is 13.3. The second-order valence-electron chi connectivity index (χ2n) is 4.55. The van der Waals surface area contributed by atoms with Crippen LogP contribution in [0.15, 0.2) is 29.2 Å². The average Bonchev–Trinajstić information content (AvgIpc) is 2.80. The molecule has 0 spiro atoms. The van der Waals surface area contributed by atoms with Crippen molar-refractivity contribution in [2.75, 3.05) is 11.5 Å². The van der Waals surface area contributed by atoms with Crippen LogP contribution < -0.4 is 5.73 Å². The van der Waals surface area contributed by atoms with E-state index in [0.29, 0.717) is 17.2 Å². The normalized spacial score (nSPS) is 11.2. The molecular weight excluding hydrogens is 305 g/mol. The van der Waals surface area contributed by atoms with Crippen molar-refractivity contribution in [1.29, 1.82) is 0 Å². The number of thioether (sulfide) groups is 1. The highest BCUT2D eigenvalue weighted by Gasteiger charge is 2.16. The minimum atomic E-state index is -0.319. The van der Waals surface area contributed by atoms with Gasteiger partial charge in [-0.1, -0.05) is 13.0 Å². The minimum Gasteiger partial charge on any atom is -0.383 e.